The number of ether oxygens (including phenoxy) is 1. The molecule has 0 radical (unpaired) electrons. The fraction of sp³-hybridized carbons (Fsp3) is 0.300. The van der Waals surface area contributed by atoms with Crippen LogP contribution in [0.3, 0.4) is 0 Å². The first kappa shape index (κ1) is 17.5. The Balaban J connectivity index is 1.66. The second-order valence-electron chi connectivity index (χ2n) is 6.46. The number of hydrogen-bond donors (Lipinski definition) is 1. The van der Waals surface area contributed by atoms with Gasteiger partial charge in [0.1, 0.15) is 12.6 Å². The van der Waals surface area contributed by atoms with E-state index in [-0.39, 0.29) is 19.1 Å². The van der Waals surface area contributed by atoms with Gasteiger partial charge in [-0.2, -0.15) is 0 Å². The van der Waals surface area contributed by atoms with Crippen LogP contribution in [0.2, 0.25) is 0 Å². The maximum atomic E-state index is 13.1. The number of benzene rings is 2. The molecule has 1 aliphatic heterocycles. The number of fused-ring (bicyclic) bond motifs is 1. The van der Waals surface area contributed by atoms with Gasteiger partial charge in [0.2, 0.25) is 5.91 Å². The van der Waals surface area contributed by atoms with E-state index in [9.17, 15) is 14.7 Å². The highest BCUT2D eigenvalue weighted by Crippen LogP contribution is 2.30. The summed E-state index contributed by atoms with van der Waals surface area (Å²) in [5, 5.41) is 9.73. The Labute approximate surface area is 155 Å². The van der Waals surface area contributed by atoms with Gasteiger partial charge in [-0.3, -0.25) is 9.36 Å². The summed E-state index contributed by atoms with van der Waals surface area (Å²) in [5.41, 5.74) is 1.91. The van der Waals surface area contributed by atoms with Gasteiger partial charge in [0.25, 0.3) is 0 Å². The first-order valence-corrected chi connectivity index (χ1v) is 8.84. The minimum atomic E-state index is -0.562. The number of rotatable bonds is 4. The lowest BCUT2D eigenvalue weighted by Gasteiger charge is -2.41. The first-order chi connectivity index (χ1) is 13.2. The van der Waals surface area contributed by atoms with Gasteiger partial charge in [-0.1, -0.05) is 42.5 Å². The molecule has 3 aromatic rings. The Bertz CT molecular complexity index is 994. The maximum absolute atomic E-state index is 13.1. The van der Waals surface area contributed by atoms with Crippen molar-refractivity contribution in [2.45, 2.75) is 18.7 Å². The minimum absolute atomic E-state index is 0.128. The molecule has 2 atom stereocenters. The summed E-state index contributed by atoms with van der Waals surface area (Å²) in [4.78, 5) is 27.0. The quantitative estimate of drug-likeness (QED) is 0.755. The topological polar surface area (TPSA) is 84.9 Å². The highest BCUT2D eigenvalue weighted by molar-refractivity contribution is 5.80. The van der Waals surface area contributed by atoms with Crippen LogP contribution in [-0.2, 0) is 16.1 Å². The van der Waals surface area contributed by atoms with E-state index in [2.05, 4.69) is 0 Å². The minimum Gasteiger partial charge on any atom is -0.408 e. The van der Waals surface area contributed by atoms with Gasteiger partial charge in [0.05, 0.1) is 24.8 Å². The van der Waals surface area contributed by atoms with Crippen LogP contribution in [0.4, 0.5) is 0 Å². The number of aliphatic hydroxyl groups excluding tert-OH is 1. The van der Waals surface area contributed by atoms with Crippen LogP contribution in [0, 0.1) is 0 Å². The van der Waals surface area contributed by atoms with E-state index in [4.69, 9.17) is 9.15 Å². The summed E-state index contributed by atoms with van der Waals surface area (Å²) in [6, 6.07) is 16.1. The third-order valence-corrected chi connectivity index (χ3v) is 4.86. The molecule has 1 amide bonds. The van der Waals surface area contributed by atoms with Crippen molar-refractivity contribution in [2.75, 3.05) is 19.8 Å². The van der Waals surface area contributed by atoms with Crippen LogP contribution >= 0.6 is 0 Å². The molecule has 7 nitrogen and oxygen atoms in total. The molecule has 1 aliphatic rings. The van der Waals surface area contributed by atoms with Gasteiger partial charge in [-0.15, -0.1) is 0 Å². The predicted octanol–water partition coefficient (Wildman–Crippen LogP) is 1.56. The fourth-order valence-corrected chi connectivity index (χ4v) is 3.60. The highest BCUT2D eigenvalue weighted by Gasteiger charge is 2.36. The molecule has 140 valence electrons. The number of carbonyl (C=O) groups is 1. The lowest BCUT2D eigenvalue weighted by molar-refractivity contribution is -0.150. The maximum Gasteiger partial charge on any atom is 0.420 e. The van der Waals surface area contributed by atoms with Gasteiger partial charge >= 0.3 is 5.76 Å². The van der Waals surface area contributed by atoms with E-state index >= 15 is 0 Å². The van der Waals surface area contributed by atoms with Crippen molar-refractivity contribution in [3.63, 3.8) is 0 Å². The van der Waals surface area contributed by atoms with Crippen LogP contribution in [0.25, 0.3) is 11.1 Å². The van der Waals surface area contributed by atoms with Gasteiger partial charge in [-0.25, -0.2) is 4.79 Å². The number of oxazole rings is 1. The van der Waals surface area contributed by atoms with E-state index in [0.717, 1.165) is 5.56 Å². The summed E-state index contributed by atoms with van der Waals surface area (Å²) in [6.45, 7) is 0.399. The number of amides is 1. The Kier molecular flexibility index (Phi) is 4.79. The Hall–Kier alpha value is -2.90. The summed E-state index contributed by atoms with van der Waals surface area (Å²) in [7, 11) is 0. The number of morpholine rings is 1. The molecule has 2 aromatic carbocycles. The average molecular weight is 368 g/mol. The summed E-state index contributed by atoms with van der Waals surface area (Å²) < 4.78 is 12.2. The molecule has 1 fully saturated rings. The molecular weight excluding hydrogens is 348 g/mol. The zero-order chi connectivity index (χ0) is 18.8. The van der Waals surface area contributed by atoms with E-state index in [1.807, 2.05) is 30.3 Å². The van der Waals surface area contributed by atoms with Crippen LogP contribution in [0.15, 0.2) is 63.8 Å². The normalized spacial score (nSPS) is 20.1. The van der Waals surface area contributed by atoms with Crippen LogP contribution in [-0.4, -0.2) is 46.3 Å². The van der Waals surface area contributed by atoms with Crippen molar-refractivity contribution in [1.82, 2.24) is 9.47 Å². The number of aliphatic hydroxyl groups is 1. The standard InChI is InChI=1S/C20H20N2O5/c23-13-17-19(14-6-2-1-3-7-14)21(10-11-26-17)18(24)12-22-15-8-4-5-9-16(15)27-20(22)25/h1-9,17,19,23H,10-13H2/t17-,19-/m0/s1. The Morgan fingerprint density at radius 2 is 1.85 bits per heavy atom. The molecular formula is C20H20N2O5. The van der Waals surface area contributed by atoms with Crippen molar-refractivity contribution in [1.29, 1.82) is 0 Å². The van der Waals surface area contributed by atoms with Crippen molar-refractivity contribution in [2.24, 2.45) is 0 Å². The van der Waals surface area contributed by atoms with Crippen molar-refractivity contribution in [3.8, 4) is 0 Å². The Morgan fingerprint density at radius 3 is 2.63 bits per heavy atom. The number of carbonyl (C=O) groups excluding carboxylic acids is 1. The summed E-state index contributed by atoms with van der Waals surface area (Å²) in [5.74, 6) is -0.785. The second kappa shape index (κ2) is 7.38. The molecule has 0 spiro atoms. The predicted molar refractivity (Wildman–Crippen MR) is 98.2 cm³/mol. The number of hydrogen-bond acceptors (Lipinski definition) is 5. The molecule has 27 heavy (non-hydrogen) atoms. The van der Waals surface area contributed by atoms with Gasteiger partial charge in [0.15, 0.2) is 5.58 Å². The van der Waals surface area contributed by atoms with E-state index in [1.165, 1.54) is 4.57 Å². The van der Waals surface area contributed by atoms with Crippen LogP contribution in [0.1, 0.15) is 11.6 Å². The van der Waals surface area contributed by atoms with Gasteiger partial charge < -0.3 is 19.2 Å². The van der Waals surface area contributed by atoms with Crippen molar-refractivity contribution >= 4 is 17.0 Å². The zero-order valence-corrected chi connectivity index (χ0v) is 14.7. The monoisotopic (exact) mass is 368 g/mol. The van der Waals surface area contributed by atoms with Crippen LogP contribution < -0.4 is 5.76 Å². The summed E-state index contributed by atoms with van der Waals surface area (Å²) >= 11 is 0. The van der Waals surface area contributed by atoms with E-state index < -0.39 is 17.9 Å². The second-order valence-corrected chi connectivity index (χ2v) is 6.46. The zero-order valence-electron chi connectivity index (χ0n) is 14.7. The molecule has 0 unspecified atom stereocenters. The number of aromatic nitrogens is 1. The number of para-hydroxylation sites is 2. The highest BCUT2D eigenvalue weighted by atomic mass is 16.5. The van der Waals surface area contributed by atoms with E-state index in [1.54, 1.807) is 29.2 Å². The molecule has 0 aliphatic carbocycles. The van der Waals surface area contributed by atoms with Crippen molar-refractivity contribution < 1.29 is 19.1 Å². The lowest BCUT2D eigenvalue weighted by atomic mass is 9.98. The smallest absolute Gasteiger partial charge is 0.408 e. The molecule has 0 saturated carbocycles. The average Bonchev–Trinajstić information content (AvgIpc) is 3.03. The molecule has 1 aromatic heterocycles. The lowest BCUT2D eigenvalue weighted by Crippen LogP contribution is -2.50. The molecule has 1 N–H and O–H groups in total. The fourth-order valence-electron chi connectivity index (χ4n) is 3.60. The largest absolute Gasteiger partial charge is 0.420 e. The van der Waals surface area contributed by atoms with E-state index in [0.29, 0.717) is 24.3 Å². The van der Waals surface area contributed by atoms with Crippen molar-refractivity contribution in [3.05, 3.63) is 70.7 Å². The molecule has 2 heterocycles. The molecule has 0 bridgehead atoms. The molecule has 7 heteroatoms. The summed E-state index contributed by atoms with van der Waals surface area (Å²) in [6.07, 6.45) is -0.511. The third-order valence-electron chi connectivity index (χ3n) is 4.86. The van der Waals surface area contributed by atoms with Crippen LogP contribution in [0.5, 0.6) is 0 Å². The van der Waals surface area contributed by atoms with Gasteiger partial charge in [0, 0.05) is 6.54 Å². The van der Waals surface area contributed by atoms with Gasteiger partial charge in [-0.05, 0) is 17.7 Å². The molecule has 4 rings (SSSR count). The third kappa shape index (κ3) is 3.27. The SMILES string of the molecule is O=C(Cn1c(=O)oc2ccccc21)N1CCO[C@@H](CO)[C@@H]1c1ccccc1. The molecule has 1 saturated heterocycles. The Morgan fingerprint density at radius 1 is 1.11 bits per heavy atom. The number of nitrogens with zero attached hydrogens (tertiary/aromatic N) is 2. The first-order valence-electron chi connectivity index (χ1n) is 8.84.